The van der Waals surface area contributed by atoms with E-state index in [0.717, 1.165) is 23.3 Å². The number of aliphatic hydroxyl groups excluding tert-OH is 1. The smallest absolute Gasteiger partial charge is 0.363 e. The van der Waals surface area contributed by atoms with Gasteiger partial charge in [0.25, 0.3) is 6.29 Å². The molecule has 25 heavy (non-hydrogen) atoms. The lowest BCUT2D eigenvalue weighted by molar-refractivity contribution is -0.183. The van der Waals surface area contributed by atoms with Crippen molar-refractivity contribution in [3.63, 3.8) is 0 Å². The molecule has 139 valence electrons. The number of hydrogen-bond donors (Lipinski definition) is 1. The van der Waals surface area contributed by atoms with E-state index in [1.54, 1.807) is 13.8 Å². The van der Waals surface area contributed by atoms with Gasteiger partial charge in [-0.1, -0.05) is 26.9 Å². The molecule has 1 N–H and O–H groups in total. The fraction of sp³-hybridized carbons (Fsp3) is 0.500. The molecule has 0 aliphatic carbocycles. The molecule has 0 spiro atoms. The molecular formula is C18H26O6P. The van der Waals surface area contributed by atoms with Gasteiger partial charge in [0.05, 0.1) is 6.10 Å². The van der Waals surface area contributed by atoms with Crippen molar-refractivity contribution in [2.24, 2.45) is 0 Å². The highest BCUT2D eigenvalue weighted by atomic mass is 31.0. The first-order valence-electron chi connectivity index (χ1n) is 7.87. The molecule has 6 nitrogen and oxygen atoms in total. The Morgan fingerprint density at radius 2 is 1.72 bits per heavy atom. The Kier molecular flexibility index (Phi) is 7.69. The van der Waals surface area contributed by atoms with E-state index in [0.29, 0.717) is 5.56 Å². The third-order valence-corrected chi connectivity index (χ3v) is 4.16. The first-order valence-corrected chi connectivity index (χ1v) is 8.44. The third-order valence-electron chi connectivity index (χ3n) is 3.52. The predicted octanol–water partition coefficient (Wildman–Crippen LogP) is 2.46. The lowest BCUT2D eigenvalue weighted by atomic mass is 9.94. The van der Waals surface area contributed by atoms with E-state index in [2.05, 4.69) is 9.24 Å². The molecule has 3 atom stereocenters. The van der Waals surface area contributed by atoms with E-state index in [9.17, 15) is 14.7 Å². The molecule has 0 bridgehead atoms. The zero-order valence-corrected chi connectivity index (χ0v) is 16.6. The van der Waals surface area contributed by atoms with Gasteiger partial charge in [-0.3, -0.25) is 4.79 Å². The minimum Gasteiger partial charge on any atom is -0.459 e. The summed E-state index contributed by atoms with van der Waals surface area (Å²) in [6.45, 7) is 9.91. The number of ketones is 1. The van der Waals surface area contributed by atoms with Crippen LogP contribution >= 0.6 is 9.24 Å². The van der Waals surface area contributed by atoms with E-state index in [1.165, 1.54) is 7.11 Å². The van der Waals surface area contributed by atoms with Crippen molar-refractivity contribution in [1.82, 2.24) is 0 Å². The van der Waals surface area contributed by atoms with Crippen molar-refractivity contribution in [2.45, 2.75) is 52.4 Å². The highest BCUT2D eigenvalue weighted by Crippen LogP contribution is 2.31. The topological polar surface area (TPSA) is 82.1 Å². The molecule has 0 saturated heterocycles. The number of hydrogen-bond acceptors (Lipinski definition) is 6. The maximum Gasteiger partial charge on any atom is 0.363 e. The number of aliphatic hydroxyl groups is 1. The molecule has 0 aliphatic heterocycles. The van der Waals surface area contributed by atoms with E-state index >= 15 is 0 Å². The second kappa shape index (κ2) is 8.86. The maximum atomic E-state index is 13.0. The molecular weight excluding hydrogens is 343 g/mol. The normalized spacial score (nSPS) is 14.9. The van der Waals surface area contributed by atoms with E-state index in [1.807, 2.05) is 32.9 Å². The van der Waals surface area contributed by atoms with Crippen molar-refractivity contribution < 1.29 is 28.9 Å². The van der Waals surface area contributed by atoms with Gasteiger partial charge in [0.15, 0.2) is 5.34 Å². The SMILES string of the molecule is COC(P)([CH]OC(O)C(=O)OC(C)C)C(=O)c1c(C)cc(C)cc1C. The number of benzene rings is 1. The number of ether oxygens (including phenoxy) is 3. The van der Waals surface area contributed by atoms with Gasteiger partial charge < -0.3 is 19.3 Å². The zero-order chi connectivity index (χ0) is 19.4. The molecule has 0 saturated carbocycles. The van der Waals surface area contributed by atoms with Crippen LogP contribution in [0.2, 0.25) is 0 Å². The van der Waals surface area contributed by atoms with Crippen LogP contribution in [0.15, 0.2) is 12.1 Å². The van der Waals surface area contributed by atoms with Crippen molar-refractivity contribution in [1.29, 1.82) is 0 Å². The minimum absolute atomic E-state index is 0.362. The standard InChI is InChI=1S/C18H26O6P/c1-10(2)24-17(21)16(20)23-9-18(25,22-6)15(19)14-12(4)7-11(3)8-13(14)5/h7-10,16,20H,25H2,1-6H3. The molecule has 1 aromatic rings. The molecule has 0 amide bonds. The van der Waals surface area contributed by atoms with Gasteiger partial charge in [0, 0.05) is 12.7 Å². The molecule has 0 aliphatic rings. The van der Waals surface area contributed by atoms with Gasteiger partial charge in [0.2, 0.25) is 5.78 Å². The minimum atomic E-state index is -1.84. The maximum absolute atomic E-state index is 13.0. The summed E-state index contributed by atoms with van der Waals surface area (Å²) in [4.78, 5) is 24.6. The summed E-state index contributed by atoms with van der Waals surface area (Å²) in [7, 11) is 3.59. The molecule has 1 aromatic carbocycles. The number of aryl methyl sites for hydroxylation is 3. The summed E-state index contributed by atoms with van der Waals surface area (Å²) in [5, 5.41) is 8.17. The van der Waals surface area contributed by atoms with Crippen LogP contribution < -0.4 is 0 Å². The molecule has 0 fully saturated rings. The van der Waals surface area contributed by atoms with Crippen molar-refractivity contribution in [2.75, 3.05) is 7.11 Å². The second-order valence-electron chi connectivity index (χ2n) is 6.19. The molecule has 7 heteroatoms. The van der Waals surface area contributed by atoms with Crippen LogP contribution in [0.1, 0.15) is 40.9 Å². The average molecular weight is 369 g/mol. The van der Waals surface area contributed by atoms with Gasteiger partial charge in [-0.2, -0.15) is 0 Å². The third kappa shape index (κ3) is 5.58. The van der Waals surface area contributed by atoms with Crippen LogP contribution in [-0.4, -0.2) is 41.7 Å². The molecule has 1 rings (SSSR count). The van der Waals surface area contributed by atoms with Gasteiger partial charge in [-0.05, 0) is 45.7 Å². The Balaban J connectivity index is 2.96. The Labute approximate surface area is 151 Å². The summed E-state index contributed by atoms with van der Waals surface area (Å²) >= 11 is 0. The fourth-order valence-corrected chi connectivity index (χ4v) is 2.66. The number of carbonyl (C=O) groups is 2. The first kappa shape index (κ1) is 21.7. The zero-order valence-electron chi connectivity index (χ0n) is 15.5. The number of carbonyl (C=O) groups excluding carboxylic acids is 2. The Hall–Kier alpha value is -1.33. The monoisotopic (exact) mass is 369 g/mol. The van der Waals surface area contributed by atoms with Crippen molar-refractivity contribution in [3.05, 3.63) is 41.0 Å². The van der Waals surface area contributed by atoms with Gasteiger partial charge in [0.1, 0.15) is 6.61 Å². The predicted molar refractivity (Wildman–Crippen MR) is 97.1 cm³/mol. The largest absolute Gasteiger partial charge is 0.459 e. The molecule has 0 heterocycles. The fourth-order valence-electron chi connectivity index (χ4n) is 2.44. The second-order valence-corrected chi connectivity index (χ2v) is 7.05. The van der Waals surface area contributed by atoms with Crippen LogP contribution in [0.3, 0.4) is 0 Å². The summed E-state index contributed by atoms with van der Waals surface area (Å²) in [6.07, 6.45) is -2.24. The van der Waals surface area contributed by atoms with Gasteiger partial charge in [-0.15, -0.1) is 0 Å². The quantitative estimate of drug-likeness (QED) is 0.328. The average Bonchev–Trinajstić information content (AvgIpc) is 2.50. The Morgan fingerprint density at radius 1 is 1.20 bits per heavy atom. The highest BCUT2D eigenvalue weighted by molar-refractivity contribution is 7.21. The number of esters is 1. The lowest BCUT2D eigenvalue weighted by Gasteiger charge is -2.28. The summed E-state index contributed by atoms with van der Waals surface area (Å²) < 4.78 is 15.1. The van der Waals surface area contributed by atoms with Crippen molar-refractivity contribution in [3.8, 4) is 0 Å². The van der Waals surface area contributed by atoms with E-state index < -0.39 is 23.7 Å². The number of Topliss-reactive ketones (excluding diaryl/α,β-unsaturated/α-hetero) is 1. The molecule has 1 radical (unpaired) electrons. The van der Waals surface area contributed by atoms with Crippen molar-refractivity contribution >= 4 is 21.0 Å². The van der Waals surface area contributed by atoms with E-state index in [4.69, 9.17) is 14.2 Å². The van der Waals surface area contributed by atoms with Crippen LogP contribution in [0, 0.1) is 27.4 Å². The first-order chi connectivity index (χ1) is 11.5. The van der Waals surface area contributed by atoms with Crippen LogP contribution in [-0.2, 0) is 19.0 Å². The molecule has 3 unspecified atom stereocenters. The van der Waals surface area contributed by atoms with Gasteiger partial charge in [-0.25, -0.2) is 4.79 Å². The van der Waals surface area contributed by atoms with Crippen LogP contribution in [0.25, 0.3) is 0 Å². The lowest BCUT2D eigenvalue weighted by Crippen LogP contribution is -2.39. The highest BCUT2D eigenvalue weighted by Gasteiger charge is 2.38. The Morgan fingerprint density at radius 3 is 2.16 bits per heavy atom. The summed E-state index contributed by atoms with van der Waals surface area (Å²) in [5.74, 6) is -1.30. The van der Waals surface area contributed by atoms with Crippen LogP contribution in [0.4, 0.5) is 0 Å². The summed E-state index contributed by atoms with van der Waals surface area (Å²) in [5.41, 5.74) is 3.16. The number of methoxy groups -OCH3 is 1. The molecule has 0 aromatic heterocycles. The Bertz CT molecular complexity index is 619. The van der Waals surface area contributed by atoms with Gasteiger partial charge >= 0.3 is 5.97 Å². The number of rotatable bonds is 8. The van der Waals surface area contributed by atoms with Crippen LogP contribution in [0.5, 0.6) is 0 Å². The van der Waals surface area contributed by atoms with E-state index in [-0.39, 0.29) is 5.78 Å². The summed E-state index contributed by atoms with van der Waals surface area (Å²) in [6, 6.07) is 3.80.